The van der Waals surface area contributed by atoms with E-state index in [0.29, 0.717) is 17.5 Å². The van der Waals surface area contributed by atoms with Gasteiger partial charge in [-0.3, -0.25) is 0 Å². The molecule has 1 N–H and O–H groups in total. The minimum atomic E-state index is -0.910. The molecule has 1 aliphatic heterocycles. The number of aromatic carboxylic acids is 1. The Kier molecular flexibility index (Phi) is 4.37. The summed E-state index contributed by atoms with van der Waals surface area (Å²) in [4.78, 5) is 17.7. The number of aryl methyl sites for hydroxylation is 1. The Morgan fingerprint density at radius 3 is 2.79 bits per heavy atom. The van der Waals surface area contributed by atoms with Gasteiger partial charge in [-0.15, -0.1) is 0 Å². The van der Waals surface area contributed by atoms with Gasteiger partial charge in [0.25, 0.3) is 0 Å². The third-order valence-electron chi connectivity index (χ3n) is 3.50. The van der Waals surface area contributed by atoms with Crippen LogP contribution in [0.25, 0.3) is 0 Å². The lowest BCUT2D eigenvalue weighted by Gasteiger charge is -2.33. The number of ether oxygens (including phenoxy) is 1. The number of anilines is 1. The van der Waals surface area contributed by atoms with Crippen molar-refractivity contribution in [2.45, 2.75) is 32.8 Å². The number of piperidine rings is 1. The second-order valence-electron chi connectivity index (χ2n) is 4.77. The Morgan fingerprint density at radius 2 is 2.21 bits per heavy atom. The van der Waals surface area contributed by atoms with Crippen molar-refractivity contribution < 1.29 is 14.6 Å². The summed E-state index contributed by atoms with van der Waals surface area (Å²) in [7, 11) is 0. The lowest BCUT2D eigenvalue weighted by atomic mass is 10.1. The molecule has 0 bridgehead atoms. The number of pyridine rings is 1. The fraction of sp³-hybridized carbons (Fsp3) is 0.571. The van der Waals surface area contributed by atoms with Crippen molar-refractivity contribution in [3.05, 3.63) is 23.4 Å². The average Bonchev–Trinajstić information content (AvgIpc) is 2.39. The molecule has 0 unspecified atom stereocenters. The van der Waals surface area contributed by atoms with Gasteiger partial charge in [-0.05, 0) is 38.3 Å². The molecule has 0 radical (unpaired) electrons. The van der Waals surface area contributed by atoms with Gasteiger partial charge in [0.1, 0.15) is 11.4 Å². The second kappa shape index (κ2) is 6.02. The summed E-state index contributed by atoms with van der Waals surface area (Å²) in [5.74, 6) is -0.324. The smallest absolute Gasteiger partial charge is 0.339 e. The lowest BCUT2D eigenvalue weighted by molar-refractivity contribution is 0.0458. The first-order valence-electron chi connectivity index (χ1n) is 6.69. The van der Waals surface area contributed by atoms with Crippen LogP contribution >= 0.6 is 0 Å². The molecule has 5 heteroatoms. The van der Waals surface area contributed by atoms with E-state index >= 15 is 0 Å². The molecule has 1 saturated heterocycles. The molecule has 0 spiro atoms. The maximum Gasteiger partial charge on any atom is 0.339 e. The molecule has 1 aliphatic rings. The number of carbonyl (C=O) groups is 1. The molecular weight excluding hydrogens is 244 g/mol. The number of rotatable bonds is 4. The number of hydrogen-bond donors (Lipinski definition) is 1. The minimum absolute atomic E-state index is 0.291. The third-order valence-corrected chi connectivity index (χ3v) is 3.50. The summed E-state index contributed by atoms with van der Waals surface area (Å²) >= 11 is 0. The van der Waals surface area contributed by atoms with Crippen LogP contribution in [0, 0.1) is 6.92 Å². The van der Waals surface area contributed by atoms with E-state index in [4.69, 9.17) is 4.74 Å². The van der Waals surface area contributed by atoms with Crippen molar-refractivity contribution in [3.63, 3.8) is 0 Å². The average molecular weight is 264 g/mol. The lowest BCUT2D eigenvalue weighted by Crippen LogP contribution is -2.38. The molecular formula is C14H20N2O3. The van der Waals surface area contributed by atoms with E-state index < -0.39 is 5.97 Å². The first kappa shape index (κ1) is 13.8. The van der Waals surface area contributed by atoms with Gasteiger partial charge in [-0.2, -0.15) is 0 Å². The van der Waals surface area contributed by atoms with Crippen molar-refractivity contribution >= 4 is 11.8 Å². The molecule has 0 saturated carbocycles. The molecule has 19 heavy (non-hydrogen) atoms. The largest absolute Gasteiger partial charge is 0.478 e. The monoisotopic (exact) mass is 264 g/mol. The predicted octanol–water partition coefficient (Wildman–Crippen LogP) is 2.09. The van der Waals surface area contributed by atoms with Crippen LogP contribution in [0.5, 0.6) is 0 Å². The highest BCUT2D eigenvalue weighted by Gasteiger charge is 2.24. The van der Waals surface area contributed by atoms with Crippen molar-refractivity contribution in [1.29, 1.82) is 0 Å². The van der Waals surface area contributed by atoms with Crippen LogP contribution in [-0.4, -0.2) is 41.9 Å². The SMILES string of the molecule is CCOC1CCN(c2nccc(C)c2C(=O)O)CC1. The molecule has 2 rings (SSSR count). The van der Waals surface area contributed by atoms with Gasteiger partial charge < -0.3 is 14.7 Å². The van der Waals surface area contributed by atoms with Gasteiger partial charge in [0.2, 0.25) is 0 Å². The molecule has 1 fully saturated rings. The third kappa shape index (κ3) is 3.04. The first-order valence-corrected chi connectivity index (χ1v) is 6.69. The molecule has 2 heterocycles. The Morgan fingerprint density at radius 1 is 1.53 bits per heavy atom. The van der Waals surface area contributed by atoms with Gasteiger partial charge in [0.05, 0.1) is 6.10 Å². The van der Waals surface area contributed by atoms with Gasteiger partial charge in [0.15, 0.2) is 0 Å². The fourth-order valence-corrected chi connectivity index (χ4v) is 2.52. The molecule has 1 aromatic heterocycles. The Bertz CT molecular complexity index is 454. The molecule has 104 valence electrons. The van der Waals surface area contributed by atoms with Crippen LogP contribution in [0.4, 0.5) is 5.82 Å². The Labute approximate surface area is 113 Å². The number of aromatic nitrogens is 1. The van der Waals surface area contributed by atoms with E-state index in [1.54, 1.807) is 12.3 Å². The van der Waals surface area contributed by atoms with Crippen LogP contribution < -0.4 is 4.90 Å². The minimum Gasteiger partial charge on any atom is -0.478 e. The quantitative estimate of drug-likeness (QED) is 0.902. The van der Waals surface area contributed by atoms with E-state index in [2.05, 4.69) is 4.98 Å². The topological polar surface area (TPSA) is 62.7 Å². The fourth-order valence-electron chi connectivity index (χ4n) is 2.52. The standard InChI is InChI=1S/C14H20N2O3/c1-3-19-11-5-8-16(9-6-11)13-12(14(17)18)10(2)4-7-15-13/h4,7,11H,3,5-6,8-9H2,1-2H3,(H,17,18). The number of carboxylic acid groups (broad SMARTS) is 1. The maximum atomic E-state index is 11.4. The van der Waals surface area contributed by atoms with Crippen LogP contribution in [-0.2, 0) is 4.74 Å². The van der Waals surface area contributed by atoms with Gasteiger partial charge in [-0.25, -0.2) is 9.78 Å². The van der Waals surface area contributed by atoms with E-state index in [1.165, 1.54) is 0 Å². The summed E-state index contributed by atoms with van der Waals surface area (Å²) in [6.07, 6.45) is 3.80. The van der Waals surface area contributed by atoms with Gasteiger partial charge in [0, 0.05) is 25.9 Å². The normalized spacial score (nSPS) is 16.6. The number of nitrogens with zero attached hydrogens (tertiary/aromatic N) is 2. The zero-order valence-corrected chi connectivity index (χ0v) is 11.4. The summed E-state index contributed by atoms with van der Waals surface area (Å²) in [6, 6.07) is 1.74. The van der Waals surface area contributed by atoms with Gasteiger partial charge >= 0.3 is 5.97 Å². The van der Waals surface area contributed by atoms with Crippen molar-refractivity contribution in [1.82, 2.24) is 4.98 Å². The predicted molar refractivity (Wildman–Crippen MR) is 72.8 cm³/mol. The van der Waals surface area contributed by atoms with Crippen LogP contribution in [0.2, 0.25) is 0 Å². The molecule has 0 aliphatic carbocycles. The highest BCUT2D eigenvalue weighted by atomic mass is 16.5. The van der Waals surface area contributed by atoms with Crippen LogP contribution in [0.3, 0.4) is 0 Å². The van der Waals surface area contributed by atoms with E-state index in [1.807, 2.05) is 18.7 Å². The maximum absolute atomic E-state index is 11.4. The molecule has 0 aromatic carbocycles. The first-order chi connectivity index (χ1) is 9.13. The molecule has 0 atom stereocenters. The zero-order chi connectivity index (χ0) is 13.8. The van der Waals surface area contributed by atoms with E-state index in [9.17, 15) is 9.90 Å². The molecule has 1 aromatic rings. The van der Waals surface area contributed by atoms with Crippen LogP contribution in [0.1, 0.15) is 35.7 Å². The summed E-state index contributed by atoms with van der Waals surface area (Å²) in [6.45, 7) is 6.12. The van der Waals surface area contributed by atoms with Crippen LogP contribution in [0.15, 0.2) is 12.3 Å². The second-order valence-corrected chi connectivity index (χ2v) is 4.77. The number of hydrogen-bond acceptors (Lipinski definition) is 4. The molecule has 5 nitrogen and oxygen atoms in total. The number of carboxylic acids is 1. The van der Waals surface area contributed by atoms with Gasteiger partial charge in [-0.1, -0.05) is 0 Å². The Balaban J connectivity index is 2.15. The zero-order valence-electron chi connectivity index (χ0n) is 11.4. The molecule has 0 amide bonds. The Hall–Kier alpha value is -1.62. The van der Waals surface area contributed by atoms with Crippen molar-refractivity contribution in [3.8, 4) is 0 Å². The summed E-state index contributed by atoms with van der Waals surface area (Å²) in [5, 5.41) is 9.32. The highest BCUT2D eigenvalue weighted by Crippen LogP contribution is 2.25. The highest BCUT2D eigenvalue weighted by molar-refractivity contribution is 5.95. The van der Waals surface area contributed by atoms with Crippen molar-refractivity contribution in [2.24, 2.45) is 0 Å². The van der Waals surface area contributed by atoms with Crippen molar-refractivity contribution in [2.75, 3.05) is 24.6 Å². The summed E-state index contributed by atoms with van der Waals surface area (Å²) in [5.41, 5.74) is 1.07. The summed E-state index contributed by atoms with van der Waals surface area (Å²) < 4.78 is 5.61. The van der Waals surface area contributed by atoms with E-state index in [0.717, 1.165) is 38.1 Å². The van der Waals surface area contributed by atoms with E-state index in [-0.39, 0.29) is 0 Å².